The van der Waals surface area contributed by atoms with Crippen molar-refractivity contribution >= 4 is 23.1 Å². The number of nitrogens with one attached hydrogen (secondary N) is 2. The number of ether oxygens (including phenoxy) is 1. The molecule has 2 atom stereocenters. The highest BCUT2D eigenvalue weighted by molar-refractivity contribution is 5.66. The molecule has 2 fully saturated rings. The normalized spacial score (nSPS) is 19.6. The predicted molar refractivity (Wildman–Crippen MR) is 124 cm³/mol. The number of hydrogen-bond donors (Lipinski definition) is 2. The van der Waals surface area contributed by atoms with Gasteiger partial charge in [-0.05, 0) is 61.7 Å². The van der Waals surface area contributed by atoms with Crippen molar-refractivity contribution in [3.63, 3.8) is 0 Å². The number of benzene rings is 1. The van der Waals surface area contributed by atoms with Crippen molar-refractivity contribution in [2.45, 2.75) is 38.8 Å². The van der Waals surface area contributed by atoms with Crippen molar-refractivity contribution in [2.24, 2.45) is 0 Å². The number of nitrogens with zero attached hydrogens (tertiary/aromatic N) is 4. The topological polar surface area (TPSA) is 75.2 Å². The second-order valence-corrected chi connectivity index (χ2v) is 8.25. The standard InChI is InChI=1S/C24H28N6O/c1-3-9-25-23-7-4-17(13-27-23)21-8-10-26-24(29-21)28-18-5-6-22(16(2)11-18)30-14-20-12-19(30)15-31-20/h4-8,10-11,13,19-20H,3,9,12,14-15H2,1-2H3,(H,25,27)(H,26,28,29)/t19-,20-/m0/s1. The van der Waals surface area contributed by atoms with Crippen LogP contribution in [0.15, 0.2) is 48.8 Å². The third kappa shape index (κ3) is 4.18. The van der Waals surface area contributed by atoms with Crippen LogP contribution in [0, 0.1) is 6.92 Å². The summed E-state index contributed by atoms with van der Waals surface area (Å²) < 4.78 is 5.74. The van der Waals surface area contributed by atoms with Crippen molar-refractivity contribution in [2.75, 3.05) is 35.2 Å². The van der Waals surface area contributed by atoms with E-state index in [1.54, 1.807) is 6.20 Å². The smallest absolute Gasteiger partial charge is 0.227 e. The van der Waals surface area contributed by atoms with Crippen molar-refractivity contribution in [3.8, 4) is 11.3 Å². The van der Waals surface area contributed by atoms with Crippen molar-refractivity contribution in [1.82, 2.24) is 15.0 Å². The molecule has 0 spiro atoms. The lowest BCUT2D eigenvalue weighted by Crippen LogP contribution is -2.37. The maximum atomic E-state index is 5.74. The highest BCUT2D eigenvalue weighted by Crippen LogP contribution is 2.35. The summed E-state index contributed by atoms with van der Waals surface area (Å²) in [5, 5.41) is 6.64. The number of anilines is 4. The van der Waals surface area contributed by atoms with E-state index in [0.717, 1.165) is 55.3 Å². The molecule has 4 heterocycles. The Kier molecular flexibility index (Phi) is 5.42. The van der Waals surface area contributed by atoms with Crippen LogP contribution in [-0.4, -0.2) is 46.8 Å². The van der Waals surface area contributed by atoms with Gasteiger partial charge in [-0.25, -0.2) is 15.0 Å². The molecule has 7 heteroatoms. The summed E-state index contributed by atoms with van der Waals surface area (Å²) in [7, 11) is 0. The highest BCUT2D eigenvalue weighted by Gasteiger charge is 2.39. The van der Waals surface area contributed by atoms with E-state index in [0.29, 0.717) is 18.1 Å². The monoisotopic (exact) mass is 416 g/mol. The Balaban J connectivity index is 1.30. The van der Waals surface area contributed by atoms with Crippen LogP contribution < -0.4 is 15.5 Å². The first-order valence-electron chi connectivity index (χ1n) is 11.0. The molecule has 160 valence electrons. The minimum absolute atomic E-state index is 0.393. The van der Waals surface area contributed by atoms with Crippen molar-refractivity contribution in [1.29, 1.82) is 0 Å². The molecule has 7 nitrogen and oxygen atoms in total. The van der Waals surface area contributed by atoms with Crippen LogP contribution in [0.25, 0.3) is 11.3 Å². The summed E-state index contributed by atoms with van der Waals surface area (Å²) in [6.07, 6.45) is 6.22. The first-order valence-corrected chi connectivity index (χ1v) is 11.0. The number of morpholine rings is 1. The molecule has 2 aliphatic rings. The average Bonchev–Trinajstić information content (AvgIpc) is 3.42. The maximum Gasteiger partial charge on any atom is 0.227 e. The van der Waals surface area contributed by atoms with Gasteiger partial charge in [0.25, 0.3) is 0 Å². The fourth-order valence-corrected chi connectivity index (χ4v) is 4.36. The van der Waals surface area contributed by atoms with E-state index in [2.05, 4.69) is 62.5 Å². The number of rotatable bonds is 7. The molecule has 0 radical (unpaired) electrons. The van der Waals surface area contributed by atoms with Crippen molar-refractivity contribution < 1.29 is 4.74 Å². The zero-order valence-electron chi connectivity index (χ0n) is 18.0. The van der Waals surface area contributed by atoms with E-state index in [1.807, 2.05) is 24.4 Å². The SMILES string of the molecule is CCCNc1ccc(-c2ccnc(Nc3ccc(N4C[C@@H]5C[C@H]4CO5)c(C)c3)n2)cn1. The van der Waals surface area contributed by atoms with Gasteiger partial charge in [0.15, 0.2) is 0 Å². The van der Waals surface area contributed by atoms with Crippen LogP contribution in [0.5, 0.6) is 0 Å². The first kappa shape index (κ1) is 19.8. The Morgan fingerprint density at radius 1 is 1.16 bits per heavy atom. The number of aryl methyl sites for hydroxylation is 1. The van der Waals surface area contributed by atoms with Gasteiger partial charge in [-0.15, -0.1) is 0 Å². The molecule has 0 aliphatic carbocycles. The van der Waals surface area contributed by atoms with E-state index in [-0.39, 0.29) is 0 Å². The quantitative estimate of drug-likeness (QED) is 0.592. The average molecular weight is 417 g/mol. The molecule has 2 aromatic heterocycles. The molecular weight excluding hydrogens is 388 g/mol. The van der Waals surface area contributed by atoms with Gasteiger partial charge >= 0.3 is 0 Å². The predicted octanol–water partition coefficient (Wildman–Crippen LogP) is 4.39. The maximum absolute atomic E-state index is 5.74. The van der Waals surface area contributed by atoms with Gasteiger partial charge in [0.05, 0.1) is 24.4 Å². The zero-order chi connectivity index (χ0) is 21.2. The van der Waals surface area contributed by atoms with E-state index >= 15 is 0 Å². The molecule has 2 aliphatic heterocycles. The fourth-order valence-electron chi connectivity index (χ4n) is 4.36. The fraction of sp³-hybridized carbons (Fsp3) is 0.375. The molecule has 5 rings (SSSR count). The van der Waals surface area contributed by atoms with Crippen LogP contribution >= 0.6 is 0 Å². The summed E-state index contributed by atoms with van der Waals surface area (Å²) in [5.41, 5.74) is 5.32. The van der Waals surface area contributed by atoms with Crippen LogP contribution in [-0.2, 0) is 4.74 Å². The second kappa shape index (κ2) is 8.51. The Labute approximate surface area is 182 Å². The molecule has 0 unspecified atom stereocenters. The number of pyridine rings is 1. The number of fused-ring (bicyclic) bond motifs is 2. The Bertz CT molecular complexity index is 1050. The molecule has 2 bridgehead atoms. The Hall–Kier alpha value is -3.19. The van der Waals surface area contributed by atoms with E-state index in [4.69, 9.17) is 4.74 Å². The zero-order valence-corrected chi connectivity index (χ0v) is 18.0. The summed E-state index contributed by atoms with van der Waals surface area (Å²) in [4.78, 5) is 16.0. The molecular formula is C24H28N6O. The molecule has 0 amide bonds. The minimum Gasteiger partial charge on any atom is -0.374 e. The van der Waals surface area contributed by atoms with Crippen LogP contribution in [0.3, 0.4) is 0 Å². The van der Waals surface area contributed by atoms with Gasteiger partial charge in [0.2, 0.25) is 5.95 Å². The summed E-state index contributed by atoms with van der Waals surface area (Å²) in [5.74, 6) is 1.46. The third-order valence-electron chi connectivity index (χ3n) is 5.93. The van der Waals surface area contributed by atoms with Gasteiger partial charge in [-0.1, -0.05) is 6.92 Å². The number of hydrogen-bond acceptors (Lipinski definition) is 7. The largest absolute Gasteiger partial charge is 0.374 e. The van der Waals surface area contributed by atoms with Gasteiger partial charge in [-0.3, -0.25) is 0 Å². The molecule has 2 N–H and O–H groups in total. The van der Waals surface area contributed by atoms with Crippen molar-refractivity contribution in [3.05, 3.63) is 54.4 Å². The van der Waals surface area contributed by atoms with Gasteiger partial charge < -0.3 is 20.3 Å². The molecule has 31 heavy (non-hydrogen) atoms. The Morgan fingerprint density at radius 3 is 2.81 bits per heavy atom. The van der Waals surface area contributed by atoms with E-state index < -0.39 is 0 Å². The summed E-state index contributed by atoms with van der Waals surface area (Å²) in [6.45, 7) is 7.04. The summed E-state index contributed by atoms with van der Waals surface area (Å²) >= 11 is 0. The van der Waals surface area contributed by atoms with Crippen LogP contribution in [0.1, 0.15) is 25.3 Å². The molecule has 0 saturated carbocycles. The van der Waals surface area contributed by atoms with Crippen LogP contribution in [0.4, 0.5) is 23.1 Å². The second-order valence-electron chi connectivity index (χ2n) is 8.25. The molecule has 3 aromatic rings. The molecule has 1 aromatic carbocycles. The first-order chi connectivity index (χ1) is 15.2. The molecule has 2 saturated heterocycles. The van der Waals surface area contributed by atoms with Gasteiger partial charge in [0, 0.05) is 42.4 Å². The lowest BCUT2D eigenvalue weighted by atomic mass is 10.1. The van der Waals surface area contributed by atoms with Gasteiger partial charge in [0.1, 0.15) is 5.82 Å². The highest BCUT2D eigenvalue weighted by atomic mass is 16.5. The summed E-state index contributed by atoms with van der Waals surface area (Å²) in [6, 6.07) is 12.9. The lowest BCUT2D eigenvalue weighted by molar-refractivity contribution is 0.0991. The number of aromatic nitrogens is 3. The Morgan fingerprint density at radius 2 is 2.10 bits per heavy atom. The van der Waals surface area contributed by atoms with E-state index in [1.165, 1.54) is 11.3 Å². The minimum atomic E-state index is 0.393. The van der Waals surface area contributed by atoms with Crippen LogP contribution in [0.2, 0.25) is 0 Å². The van der Waals surface area contributed by atoms with Gasteiger partial charge in [-0.2, -0.15) is 0 Å². The van der Waals surface area contributed by atoms with E-state index in [9.17, 15) is 0 Å². The lowest BCUT2D eigenvalue weighted by Gasteiger charge is -2.30. The third-order valence-corrected chi connectivity index (χ3v) is 5.93.